The van der Waals surface area contributed by atoms with Gasteiger partial charge in [-0.15, -0.1) is 11.3 Å². The first kappa shape index (κ1) is 18.3. The lowest BCUT2D eigenvalue weighted by atomic mass is 10.0. The molecule has 0 unspecified atom stereocenters. The lowest BCUT2D eigenvalue weighted by molar-refractivity contribution is 0.0526. The van der Waals surface area contributed by atoms with Crippen LogP contribution in [-0.4, -0.2) is 35.5 Å². The second-order valence-electron chi connectivity index (χ2n) is 6.28. The number of nitrogens with one attached hydrogen (secondary N) is 1. The summed E-state index contributed by atoms with van der Waals surface area (Å²) in [4.78, 5) is 20.5. The molecule has 0 aliphatic carbocycles. The van der Waals surface area contributed by atoms with Gasteiger partial charge in [0.25, 0.3) is 0 Å². The number of thiazole rings is 1. The van der Waals surface area contributed by atoms with E-state index in [1.165, 1.54) is 22.3 Å². The van der Waals surface area contributed by atoms with Crippen LogP contribution in [0.4, 0.5) is 14.5 Å². The summed E-state index contributed by atoms with van der Waals surface area (Å²) in [5.41, 5.74) is 2.02. The Bertz CT molecular complexity index is 998. The predicted molar refractivity (Wildman–Crippen MR) is 108 cm³/mol. The van der Waals surface area contributed by atoms with Crippen molar-refractivity contribution in [1.82, 2.24) is 9.88 Å². The van der Waals surface area contributed by atoms with Crippen LogP contribution in [0.5, 0.6) is 0 Å². The number of rotatable bonds is 5. The molecule has 0 spiro atoms. The number of halogens is 1. The number of likely N-dealkylation sites (N-methyl/N-ethyl adjacent to an activating group) is 1. The van der Waals surface area contributed by atoms with Crippen molar-refractivity contribution in [3.05, 3.63) is 40.0 Å². The monoisotopic (exact) mass is 405 g/mol. The van der Waals surface area contributed by atoms with E-state index in [1.807, 2.05) is 6.07 Å². The molecule has 27 heavy (non-hydrogen) atoms. The van der Waals surface area contributed by atoms with Crippen molar-refractivity contribution in [3.8, 4) is 0 Å². The van der Waals surface area contributed by atoms with Gasteiger partial charge < -0.3 is 10.1 Å². The van der Waals surface area contributed by atoms with Crippen LogP contribution in [0.1, 0.15) is 34.6 Å². The molecule has 2 aromatic heterocycles. The van der Waals surface area contributed by atoms with Crippen molar-refractivity contribution < 1.29 is 13.9 Å². The Morgan fingerprint density at radius 3 is 2.96 bits per heavy atom. The molecule has 4 rings (SSSR count). The molecule has 1 aliphatic heterocycles. The van der Waals surface area contributed by atoms with Crippen LogP contribution in [-0.2, 0) is 17.7 Å². The van der Waals surface area contributed by atoms with Crippen molar-refractivity contribution in [2.45, 2.75) is 26.8 Å². The lowest BCUT2D eigenvalue weighted by Gasteiger charge is -2.25. The average Bonchev–Trinajstić information content (AvgIpc) is 3.22. The number of hydrogen-bond acceptors (Lipinski definition) is 7. The van der Waals surface area contributed by atoms with Gasteiger partial charge in [-0.3, -0.25) is 4.90 Å². The Kier molecular flexibility index (Phi) is 5.12. The highest BCUT2D eigenvalue weighted by atomic mass is 32.1. The summed E-state index contributed by atoms with van der Waals surface area (Å²) in [7, 11) is 0. The van der Waals surface area contributed by atoms with Crippen molar-refractivity contribution in [1.29, 1.82) is 0 Å². The van der Waals surface area contributed by atoms with E-state index >= 15 is 0 Å². The van der Waals surface area contributed by atoms with E-state index in [0.29, 0.717) is 22.8 Å². The fourth-order valence-electron chi connectivity index (χ4n) is 3.30. The van der Waals surface area contributed by atoms with Crippen LogP contribution in [0.25, 0.3) is 10.2 Å². The quantitative estimate of drug-likeness (QED) is 0.618. The molecule has 0 atom stereocenters. The van der Waals surface area contributed by atoms with Crippen LogP contribution in [0.15, 0.2) is 18.2 Å². The lowest BCUT2D eigenvalue weighted by Crippen LogP contribution is -2.30. The smallest absolute Gasteiger partial charge is 0.341 e. The molecule has 5 nitrogen and oxygen atoms in total. The summed E-state index contributed by atoms with van der Waals surface area (Å²) in [6.45, 7) is 7.01. The summed E-state index contributed by atoms with van der Waals surface area (Å²) in [5.74, 6) is -0.652. The first-order chi connectivity index (χ1) is 13.1. The normalized spacial score (nSPS) is 14.3. The summed E-state index contributed by atoms with van der Waals surface area (Å²) >= 11 is 2.94. The van der Waals surface area contributed by atoms with Crippen molar-refractivity contribution in [3.63, 3.8) is 0 Å². The molecular weight excluding hydrogens is 385 g/mol. The summed E-state index contributed by atoms with van der Waals surface area (Å²) < 4.78 is 20.0. The average molecular weight is 406 g/mol. The van der Waals surface area contributed by atoms with Crippen LogP contribution in [0, 0.1) is 5.82 Å². The maximum absolute atomic E-state index is 14.0. The molecule has 0 saturated carbocycles. The van der Waals surface area contributed by atoms with Gasteiger partial charge in [-0.25, -0.2) is 14.2 Å². The molecule has 0 fully saturated rings. The van der Waals surface area contributed by atoms with E-state index in [2.05, 4.69) is 22.1 Å². The minimum absolute atomic E-state index is 0.310. The fourth-order valence-corrected chi connectivity index (χ4v) is 5.53. The largest absolute Gasteiger partial charge is 0.462 e. The highest BCUT2D eigenvalue weighted by Gasteiger charge is 2.29. The van der Waals surface area contributed by atoms with E-state index in [4.69, 9.17) is 4.74 Å². The SMILES string of the molecule is CCOC(=O)c1c(Nc2nc3c(F)cccc3s2)sc2c1CCN(CC)C2. The third-order valence-corrected chi connectivity index (χ3v) is 6.72. The molecule has 8 heteroatoms. The second kappa shape index (κ2) is 7.53. The van der Waals surface area contributed by atoms with Crippen molar-refractivity contribution >= 4 is 49.0 Å². The first-order valence-electron chi connectivity index (χ1n) is 8.96. The summed E-state index contributed by atoms with van der Waals surface area (Å²) in [6.07, 6.45) is 0.823. The maximum atomic E-state index is 14.0. The van der Waals surface area contributed by atoms with Gasteiger partial charge in [0, 0.05) is 18.0 Å². The molecule has 0 radical (unpaired) electrons. The van der Waals surface area contributed by atoms with Crippen molar-refractivity contribution in [2.75, 3.05) is 25.0 Å². The van der Waals surface area contributed by atoms with Gasteiger partial charge in [0.1, 0.15) is 16.3 Å². The zero-order valence-electron chi connectivity index (χ0n) is 15.2. The number of anilines is 2. The Labute approximate surface area is 164 Å². The molecule has 1 aliphatic rings. The first-order valence-corrected chi connectivity index (χ1v) is 10.6. The third kappa shape index (κ3) is 3.44. The number of para-hydroxylation sites is 1. The topological polar surface area (TPSA) is 54.5 Å². The van der Waals surface area contributed by atoms with E-state index < -0.39 is 0 Å². The standard InChI is InChI=1S/C19H20FN3O2S2/c1-3-23-9-8-11-14(10-23)26-17(15(11)18(24)25-4-2)22-19-21-16-12(20)6-5-7-13(16)27-19/h5-7H,3-4,8-10H2,1-2H3,(H,21,22). The minimum Gasteiger partial charge on any atom is -0.462 e. The number of carbonyl (C=O) groups excluding carboxylic acids is 1. The molecule has 0 amide bonds. The number of fused-ring (bicyclic) bond motifs is 2. The molecule has 1 N–H and O–H groups in total. The molecule has 3 heterocycles. The zero-order valence-corrected chi connectivity index (χ0v) is 16.8. The van der Waals surface area contributed by atoms with Gasteiger partial charge in [0.2, 0.25) is 0 Å². The Morgan fingerprint density at radius 1 is 1.37 bits per heavy atom. The minimum atomic E-state index is -0.341. The maximum Gasteiger partial charge on any atom is 0.341 e. The second-order valence-corrected chi connectivity index (χ2v) is 8.41. The highest BCUT2D eigenvalue weighted by molar-refractivity contribution is 7.23. The molecule has 0 saturated heterocycles. The Hall–Kier alpha value is -2.03. The van der Waals surface area contributed by atoms with Crippen LogP contribution in [0.2, 0.25) is 0 Å². The van der Waals surface area contributed by atoms with E-state index in [0.717, 1.165) is 41.3 Å². The molecular formula is C19H20FN3O2S2. The van der Waals surface area contributed by atoms with Gasteiger partial charge in [-0.05, 0) is 37.6 Å². The van der Waals surface area contributed by atoms with E-state index in [1.54, 1.807) is 24.3 Å². The number of esters is 1. The number of nitrogens with zero attached hydrogens (tertiary/aromatic N) is 2. The third-order valence-electron chi connectivity index (χ3n) is 4.65. The number of carbonyl (C=O) groups is 1. The zero-order chi connectivity index (χ0) is 19.0. The molecule has 0 bridgehead atoms. The molecule has 1 aromatic carbocycles. The van der Waals surface area contributed by atoms with Gasteiger partial charge in [0.15, 0.2) is 5.13 Å². The van der Waals surface area contributed by atoms with Crippen molar-refractivity contribution in [2.24, 2.45) is 0 Å². The van der Waals surface area contributed by atoms with E-state index in [-0.39, 0.29) is 11.8 Å². The van der Waals surface area contributed by atoms with Gasteiger partial charge in [-0.1, -0.05) is 24.3 Å². The van der Waals surface area contributed by atoms with Crippen LogP contribution in [0.3, 0.4) is 0 Å². The van der Waals surface area contributed by atoms with Gasteiger partial charge >= 0.3 is 5.97 Å². The number of hydrogen-bond donors (Lipinski definition) is 1. The summed E-state index contributed by atoms with van der Waals surface area (Å²) in [5, 5.41) is 4.57. The molecule has 142 valence electrons. The fraction of sp³-hybridized carbons (Fsp3) is 0.368. The van der Waals surface area contributed by atoms with E-state index in [9.17, 15) is 9.18 Å². The Morgan fingerprint density at radius 2 is 2.22 bits per heavy atom. The van der Waals surface area contributed by atoms with Crippen LogP contribution >= 0.6 is 22.7 Å². The van der Waals surface area contributed by atoms with Gasteiger partial charge in [0.05, 0.1) is 16.9 Å². The molecule has 3 aromatic rings. The highest BCUT2D eigenvalue weighted by Crippen LogP contribution is 2.40. The van der Waals surface area contributed by atoms with Crippen LogP contribution < -0.4 is 5.32 Å². The van der Waals surface area contributed by atoms with Gasteiger partial charge in [-0.2, -0.15) is 0 Å². The number of ether oxygens (including phenoxy) is 1. The summed E-state index contributed by atoms with van der Waals surface area (Å²) in [6, 6.07) is 4.91. The number of aromatic nitrogens is 1. The number of thiophene rings is 1. The Balaban J connectivity index is 1.73. The number of benzene rings is 1. The predicted octanol–water partition coefficient (Wildman–Crippen LogP) is 4.80.